The topological polar surface area (TPSA) is 67.6 Å². The first kappa shape index (κ1) is 11.7. The van der Waals surface area contributed by atoms with E-state index in [0.29, 0.717) is 17.4 Å². The summed E-state index contributed by atoms with van der Waals surface area (Å²) in [4.78, 5) is 4.59. The van der Waals surface area contributed by atoms with Gasteiger partial charge in [-0.05, 0) is 31.0 Å². The predicted molar refractivity (Wildman–Crippen MR) is 75.1 cm³/mol. The van der Waals surface area contributed by atoms with Crippen molar-refractivity contribution < 1.29 is 0 Å². The van der Waals surface area contributed by atoms with Crippen LogP contribution in [0.15, 0.2) is 22.7 Å². The lowest BCUT2D eigenvalue weighted by atomic mass is 10.1. The average molecular weight is 307 g/mol. The highest BCUT2D eigenvalue weighted by Gasteiger charge is 2.21. The number of hydrogen-bond acceptors (Lipinski definition) is 3. The maximum atomic E-state index is 5.99. The molecule has 1 fully saturated rings. The summed E-state index contributed by atoms with van der Waals surface area (Å²) in [6.45, 7) is 0. The Kier molecular flexibility index (Phi) is 3.07. The Balaban J connectivity index is 1.92. The van der Waals surface area contributed by atoms with Gasteiger partial charge in [0, 0.05) is 21.6 Å². The Morgan fingerprint density at radius 3 is 2.78 bits per heavy atom. The number of hydrogen-bond donors (Lipinski definition) is 2. The lowest BCUT2D eigenvalue weighted by molar-refractivity contribution is 0.672. The zero-order valence-corrected chi connectivity index (χ0v) is 11.6. The van der Waals surface area contributed by atoms with Crippen LogP contribution in [0.5, 0.6) is 0 Å². The minimum Gasteiger partial charge on any atom is -0.398 e. The Morgan fingerprint density at radius 1 is 1.28 bits per heavy atom. The highest BCUT2D eigenvalue weighted by molar-refractivity contribution is 9.10. The molecule has 1 aliphatic rings. The number of H-pyrrole nitrogens is 1. The van der Waals surface area contributed by atoms with Crippen LogP contribution in [-0.4, -0.2) is 15.2 Å². The Morgan fingerprint density at radius 2 is 2.06 bits per heavy atom. The molecule has 0 aliphatic heterocycles. The van der Waals surface area contributed by atoms with E-state index >= 15 is 0 Å². The summed E-state index contributed by atoms with van der Waals surface area (Å²) < 4.78 is 0.968. The van der Waals surface area contributed by atoms with Crippen LogP contribution in [0.25, 0.3) is 11.4 Å². The number of rotatable bonds is 2. The monoisotopic (exact) mass is 306 g/mol. The van der Waals surface area contributed by atoms with Crippen molar-refractivity contribution in [3.63, 3.8) is 0 Å². The molecule has 1 aliphatic carbocycles. The zero-order valence-electron chi connectivity index (χ0n) is 9.99. The third-order valence-electron chi connectivity index (χ3n) is 3.50. The van der Waals surface area contributed by atoms with Gasteiger partial charge in [0.05, 0.1) is 0 Å². The summed E-state index contributed by atoms with van der Waals surface area (Å²) in [7, 11) is 0. The van der Waals surface area contributed by atoms with Gasteiger partial charge in [-0.3, -0.25) is 5.10 Å². The fourth-order valence-corrected chi connectivity index (χ4v) is 2.89. The molecule has 0 radical (unpaired) electrons. The maximum Gasteiger partial charge on any atom is 0.183 e. The van der Waals surface area contributed by atoms with Gasteiger partial charge in [0.1, 0.15) is 5.82 Å². The lowest BCUT2D eigenvalue weighted by Gasteiger charge is -2.03. The molecule has 94 valence electrons. The molecule has 5 heteroatoms. The second-order valence-corrected chi connectivity index (χ2v) is 5.67. The van der Waals surface area contributed by atoms with Gasteiger partial charge in [0.25, 0.3) is 0 Å². The number of nitrogen functional groups attached to an aromatic ring is 1. The Bertz CT molecular complexity index is 558. The summed E-state index contributed by atoms with van der Waals surface area (Å²) in [6.07, 6.45) is 5.01. The number of anilines is 1. The molecule has 0 saturated heterocycles. The van der Waals surface area contributed by atoms with Gasteiger partial charge >= 0.3 is 0 Å². The fourth-order valence-electron chi connectivity index (χ4n) is 2.51. The summed E-state index contributed by atoms with van der Waals surface area (Å²) in [6, 6.07) is 5.78. The Labute approximate surface area is 114 Å². The van der Waals surface area contributed by atoms with Gasteiger partial charge in [-0.25, -0.2) is 4.98 Å². The smallest absolute Gasteiger partial charge is 0.183 e. The van der Waals surface area contributed by atoms with Crippen molar-refractivity contribution in [1.82, 2.24) is 15.2 Å². The van der Waals surface area contributed by atoms with Crippen molar-refractivity contribution in [1.29, 1.82) is 0 Å². The van der Waals surface area contributed by atoms with Crippen molar-refractivity contribution in [2.75, 3.05) is 5.73 Å². The number of nitrogens with zero attached hydrogens (tertiary/aromatic N) is 2. The van der Waals surface area contributed by atoms with Gasteiger partial charge in [-0.15, -0.1) is 0 Å². The highest BCUT2D eigenvalue weighted by atomic mass is 79.9. The van der Waals surface area contributed by atoms with Crippen molar-refractivity contribution in [2.24, 2.45) is 0 Å². The molecule has 2 aromatic rings. The molecule has 0 unspecified atom stereocenters. The van der Waals surface area contributed by atoms with E-state index in [2.05, 4.69) is 31.1 Å². The van der Waals surface area contributed by atoms with Crippen molar-refractivity contribution in [3.8, 4) is 11.4 Å². The number of nitrogens with one attached hydrogen (secondary N) is 1. The highest BCUT2D eigenvalue weighted by Crippen LogP contribution is 2.33. The summed E-state index contributed by atoms with van der Waals surface area (Å²) in [5, 5.41) is 7.35. The van der Waals surface area contributed by atoms with Crippen LogP contribution >= 0.6 is 15.9 Å². The molecule has 4 nitrogen and oxygen atoms in total. The van der Waals surface area contributed by atoms with E-state index in [9.17, 15) is 0 Å². The fraction of sp³-hybridized carbons (Fsp3) is 0.385. The largest absolute Gasteiger partial charge is 0.398 e. The minimum atomic E-state index is 0.544. The van der Waals surface area contributed by atoms with Gasteiger partial charge in [-0.1, -0.05) is 28.8 Å². The summed E-state index contributed by atoms with van der Waals surface area (Å²) in [5.74, 6) is 2.25. The van der Waals surface area contributed by atoms with E-state index in [1.807, 2.05) is 18.2 Å². The summed E-state index contributed by atoms with van der Waals surface area (Å²) in [5.41, 5.74) is 7.58. The number of halogens is 1. The molecule has 1 aromatic heterocycles. The molecule has 3 rings (SSSR count). The molecule has 0 spiro atoms. The molecule has 18 heavy (non-hydrogen) atoms. The van der Waals surface area contributed by atoms with Crippen LogP contribution in [0.2, 0.25) is 0 Å². The molecule has 1 aromatic carbocycles. The van der Waals surface area contributed by atoms with E-state index < -0.39 is 0 Å². The number of benzene rings is 1. The summed E-state index contributed by atoms with van der Waals surface area (Å²) >= 11 is 3.40. The van der Waals surface area contributed by atoms with E-state index in [1.54, 1.807) is 0 Å². The van der Waals surface area contributed by atoms with Crippen molar-refractivity contribution in [3.05, 3.63) is 28.5 Å². The first-order valence-electron chi connectivity index (χ1n) is 6.22. The molecular weight excluding hydrogens is 292 g/mol. The van der Waals surface area contributed by atoms with Gasteiger partial charge < -0.3 is 5.73 Å². The normalized spacial score (nSPS) is 16.3. The third-order valence-corrected chi connectivity index (χ3v) is 3.99. The SMILES string of the molecule is Nc1cc(Br)ccc1-c1n[nH]c(C2CCCC2)n1. The van der Waals surface area contributed by atoms with Gasteiger partial charge in [0.15, 0.2) is 5.82 Å². The van der Waals surface area contributed by atoms with E-state index in [-0.39, 0.29) is 0 Å². The maximum absolute atomic E-state index is 5.99. The standard InChI is InChI=1S/C13H15BrN4/c14-9-5-6-10(11(15)7-9)13-16-12(17-18-13)8-3-1-2-4-8/h5-8H,1-4,15H2,(H,16,17,18). The van der Waals surface area contributed by atoms with Crippen molar-refractivity contribution in [2.45, 2.75) is 31.6 Å². The van der Waals surface area contributed by atoms with Crippen LogP contribution in [0, 0.1) is 0 Å². The molecule has 0 atom stereocenters. The predicted octanol–water partition coefficient (Wildman–Crippen LogP) is 3.47. The quantitative estimate of drug-likeness (QED) is 0.835. The first-order valence-corrected chi connectivity index (χ1v) is 7.01. The van der Waals surface area contributed by atoms with E-state index in [1.165, 1.54) is 25.7 Å². The van der Waals surface area contributed by atoms with E-state index in [0.717, 1.165) is 15.9 Å². The zero-order chi connectivity index (χ0) is 12.5. The first-order chi connectivity index (χ1) is 8.74. The van der Waals surface area contributed by atoms with Gasteiger partial charge in [0.2, 0.25) is 0 Å². The number of aromatic amines is 1. The molecule has 1 heterocycles. The lowest BCUT2D eigenvalue weighted by Crippen LogP contribution is -1.95. The second kappa shape index (κ2) is 4.72. The second-order valence-electron chi connectivity index (χ2n) is 4.76. The third kappa shape index (κ3) is 2.14. The molecule has 3 N–H and O–H groups in total. The van der Waals surface area contributed by atoms with Crippen molar-refractivity contribution >= 4 is 21.6 Å². The minimum absolute atomic E-state index is 0.544. The van der Waals surface area contributed by atoms with Crippen LogP contribution in [0.4, 0.5) is 5.69 Å². The van der Waals surface area contributed by atoms with Crippen LogP contribution in [0.3, 0.4) is 0 Å². The average Bonchev–Trinajstić information content (AvgIpc) is 2.99. The number of nitrogens with two attached hydrogens (primary N) is 1. The van der Waals surface area contributed by atoms with Crippen LogP contribution in [-0.2, 0) is 0 Å². The van der Waals surface area contributed by atoms with Crippen LogP contribution < -0.4 is 5.73 Å². The van der Waals surface area contributed by atoms with Gasteiger partial charge in [-0.2, -0.15) is 5.10 Å². The Hall–Kier alpha value is -1.36. The molecule has 0 amide bonds. The molecule has 0 bridgehead atoms. The number of aromatic nitrogens is 3. The molecular formula is C13H15BrN4. The molecule has 1 saturated carbocycles. The van der Waals surface area contributed by atoms with E-state index in [4.69, 9.17) is 5.73 Å². The van der Waals surface area contributed by atoms with Crippen LogP contribution in [0.1, 0.15) is 37.4 Å².